The maximum Gasteiger partial charge on any atom is 0.310 e. The molecule has 2 unspecified atom stereocenters. The van der Waals surface area contributed by atoms with Gasteiger partial charge in [-0.25, -0.2) is 4.98 Å². The standard InChI is InChI=1S/C18H30N4O2S/c1-6-15-13(4)25-16(21-15)8-9-20-18(19-7-2)22-10-12(3)14(11-22)17(23)24-5/h12,14H,6-11H2,1-5H3,(H,19,20). The molecule has 2 atom stereocenters. The first-order valence-corrected chi connectivity index (χ1v) is 9.88. The van der Waals surface area contributed by atoms with Crippen molar-refractivity contribution in [2.45, 2.75) is 40.5 Å². The fourth-order valence-electron chi connectivity index (χ4n) is 3.20. The molecule has 7 heteroatoms. The minimum Gasteiger partial charge on any atom is -0.469 e. The minimum absolute atomic E-state index is 0.0809. The third kappa shape index (κ3) is 4.93. The molecule has 0 aromatic carbocycles. The Morgan fingerprint density at radius 1 is 1.44 bits per heavy atom. The van der Waals surface area contributed by atoms with Crippen molar-refractivity contribution in [3.8, 4) is 0 Å². The van der Waals surface area contributed by atoms with E-state index in [0.717, 1.165) is 36.9 Å². The van der Waals surface area contributed by atoms with Gasteiger partial charge < -0.3 is 15.0 Å². The molecular weight excluding hydrogens is 336 g/mol. The summed E-state index contributed by atoms with van der Waals surface area (Å²) in [6.07, 6.45) is 1.83. The average molecular weight is 367 g/mol. The Kier molecular flexibility index (Phi) is 7.23. The second-order valence-corrected chi connectivity index (χ2v) is 7.75. The number of ether oxygens (including phenoxy) is 1. The van der Waals surface area contributed by atoms with E-state index in [2.05, 4.69) is 42.9 Å². The van der Waals surface area contributed by atoms with Crippen LogP contribution in [0.25, 0.3) is 0 Å². The van der Waals surface area contributed by atoms with Crippen LogP contribution in [0.3, 0.4) is 0 Å². The van der Waals surface area contributed by atoms with E-state index in [1.165, 1.54) is 17.7 Å². The molecule has 1 saturated heterocycles. The molecule has 0 bridgehead atoms. The van der Waals surface area contributed by atoms with Crippen LogP contribution in [-0.4, -0.2) is 55.1 Å². The summed E-state index contributed by atoms with van der Waals surface area (Å²) in [5, 5.41) is 4.49. The summed E-state index contributed by atoms with van der Waals surface area (Å²) in [5.74, 6) is 0.938. The Morgan fingerprint density at radius 3 is 2.80 bits per heavy atom. The fraction of sp³-hybridized carbons (Fsp3) is 0.722. The number of aliphatic imine (C=N–C) groups is 1. The van der Waals surface area contributed by atoms with E-state index in [-0.39, 0.29) is 17.8 Å². The Balaban J connectivity index is 1.99. The van der Waals surface area contributed by atoms with E-state index in [9.17, 15) is 4.79 Å². The summed E-state index contributed by atoms with van der Waals surface area (Å²) in [7, 11) is 1.46. The molecule has 6 nitrogen and oxygen atoms in total. The maximum atomic E-state index is 11.9. The Bertz CT molecular complexity index is 614. The molecule has 1 aliphatic rings. The number of nitrogens with zero attached hydrogens (tertiary/aromatic N) is 3. The molecule has 0 radical (unpaired) electrons. The highest BCUT2D eigenvalue weighted by Gasteiger charge is 2.36. The zero-order chi connectivity index (χ0) is 18.4. The van der Waals surface area contributed by atoms with Crippen LogP contribution >= 0.6 is 11.3 Å². The van der Waals surface area contributed by atoms with Crippen LogP contribution in [0.2, 0.25) is 0 Å². The van der Waals surface area contributed by atoms with Crippen molar-refractivity contribution in [2.75, 3.05) is 33.3 Å². The van der Waals surface area contributed by atoms with Crippen molar-refractivity contribution in [3.63, 3.8) is 0 Å². The topological polar surface area (TPSA) is 66.8 Å². The average Bonchev–Trinajstić information content (AvgIpc) is 3.15. The molecule has 1 N–H and O–H groups in total. The molecule has 1 aliphatic heterocycles. The van der Waals surface area contributed by atoms with E-state index < -0.39 is 0 Å². The normalized spacial score (nSPS) is 20.8. The summed E-state index contributed by atoms with van der Waals surface area (Å²) in [6, 6.07) is 0. The monoisotopic (exact) mass is 366 g/mol. The Hall–Kier alpha value is -1.63. The predicted octanol–water partition coefficient (Wildman–Crippen LogP) is 2.26. The smallest absolute Gasteiger partial charge is 0.310 e. The summed E-state index contributed by atoms with van der Waals surface area (Å²) in [6.45, 7) is 11.4. The molecular formula is C18H30N4O2S. The van der Waals surface area contributed by atoms with Gasteiger partial charge in [0.1, 0.15) is 0 Å². The van der Waals surface area contributed by atoms with Gasteiger partial charge in [0, 0.05) is 37.5 Å². The zero-order valence-corrected chi connectivity index (χ0v) is 16.8. The van der Waals surface area contributed by atoms with Crippen molar-refractivity contribution < 1.29 is 9.53 Å². The molecule has 1 fully saturated rings. The first kappa shape index (κ1) is 19.7. The number of hydrogen-bond donors (Lipinski definition) is 1. The van der Waals surface area contributed by atoms with Crippen molar-refractivity contribution in [2.24, 2.45) is 16.8 Å². The van der Waals surface area contributed by atoms with E-state index >= 15 is 0 Å². The van der Waals surface area contributed by atoms with Crippen molar-refractivity contribution in [1.82, 2.24) is 15.2 Å². The Morgan fingerprint density at radius 2 is 2.20 bits per heavy atom. The van der Waals surface area contributed by atoms with Crippen molar-refractivity contribution in [3.05, 3.63) is 15.6 Å². The van der Waals surface area contributed by atoms with Crippen LogP contribution < -0.4 is 5.32 Å². The number of esters is 1. The number of aromatic nitrogens is 1. The highest BCUT2D eigenvalue weighted by Crippen LogP contribution is 2.24. The van der Waals surface area contributed by atoms with Gasteiger partial charge in [-0.3, -0.25) is 9.79 Å². The third-order valence-corrected chi connectivity index (χ3v) is 5.68. The molecule has 140 valence electrons. The second-order valence-electron chi connectivity index (χ2n) is 6.46. The lowest BCUT2D eigenvalue weighted by molar-refractivity contribution is -0.145. The van der Waals surface area contributed by atoms with Crippen molar-refractivity contribution >= 4 is 23.3 Å². The highest BCUT2D eigenvalue weighted by molar-refractivity contribution is 7.11. The van der Waals surface area contributed by atoms with Crippen LogP contribution in [0.5, 0.6) is 0 Å². The first-order valence-electron chi connectivity index (χ1n) is 9.06. The lowest BCUT2D eigenvalue weighted by Gasteiger charge is -2.21. The minimum atomic E-state index is -0.129. The molecule has 0 saturated carbocycles. The van der Waals surface area contributed by atoms with Crippen LogP contribution in [0.4, 0.5) is 0 Å². The zero-order valence-electron chi connectivity index (χ0n) is 16.0. The molecule has 0 aliphatic carbocycles. The van der Waals surface area contributed by atoms with Gasteiger partial charge in [0.05, 0.1) is 23.7 Å². The molecule has 2 heterocycles. The second kappa shape index (κ2) is 9.17. The number of thiazole rings is 1. The molecule has 25 heavy (non-hydrogen) atoms. The number of hydrogen-bond acceptors (Lipinski definition) is 5. The van der Waals surface area contributed by atoms with Crippen molar-refractivity contribution in [1.29, 1.82) is 0 Å². The van der Waals surface area contributed by atoms with Crippen LogP contribution in [-0.2, 0) is 22.4 Å². The quantitative estimate of drug-likeness (QED) is 0.475. The van der Waals surface area contributed by atoms with Crippen LogP contribution in [0.1, 0.15) is 36.3 Å². The maximum absolute atomic E-state index is 11.9. The van der Waals surface area contributed by atoms with E-state index in [1.54, 1.807) is 11.3 Å². The lowest BCUT2D eigenvalue weighted by atomic mass is 9.99. The SMILES string of the molecule is CCNC(=NCCc1nc(CC)c(C)s1)N1CC(C)C(C(=O)OC)C1. The number of methoxy groups -OCH3 is 1. The number of carbonyl (C=O) groups excluding carboxylic acids is 1. The number of nitrogens with one attached hydrogen (secondary N) is 1. The van der Waals surface area contributed by atoms with Gasteiger partial charge in [0.2, 0.25) is 0 Å². The number of aryl methyl sites for hydroxylation is 2. The van der Waals surface area contributed by atoms with Gasteiger partial charge >= 0.3 is 5.97 Å². The van der Waals surface area contributed by atoms with Gasteiger partial charge in [-0.2, -0.15) is 0 Å². The van der Waals surface area contributed by atoms with Gasteiger partial charge in [0.25, 0.3) is 0 Å². The highest BCUT2D eigenvalue weighted by atomic mass is 32.1. The van der Waals surface area contributed by atoms with Gasteiger partial charge in [-0.1, -0.05) is 13.8 Å². The lowest BCUT2D eigenvalue weighted by Crippen LogP contribution is -2.40. The molecule has 0 spiro atoms. The van der Waals surface area contributed by atoms with Gasteiger partial charge in [-0.15, -0.1) is 11.3 Å². The largest absolute Gasteiger partial charge is 0.469 e. The predicted molar refractivity (Wildman–Crippen MR) is 102 cm³/mol. The molecule has 0 amide bonds. The third-order valence-electron chi connectivity index (χ3n) is 4.61. The van der Waals surface area contributed by atoms with Gasteiger partial charge in [-0.05, 0) is 26.2 Å². The summed E-state index contributed by atoms with van der Waals surface area (Å²) in [4.78, 5) is 24.8. The number of carbonyl (C=O) groups is 1. The van der Waals surface area contributed by atoms with E-state index in [1.807, 2.05) is 0 Å². The number of rotatable bonds is 6. The molecule has 1 aromatic heterocycles. The Labute approximate surface area is 154 Å². The van der Waals surface area contributed by atoms with Crippen LogP contribution in [0.15, 0.2) is 4.99 Å². The molecule has 1 aromatic rings. The first-order chi connectivity index (χ1) is 12.0. The summed E-state index contributed by atoms with van der Waals surface area (Å²) >= 11 is 1.77. The van der Waals surface area contributed by atoms with E-state index in [0.29, 0.717) is 13.1 Å². The summed E-state index contributed by atoms with van der Waals surface area (Å²) in [5.41, 5.74) is 1.20. The van der Waals surface area contributed by atoms with Gasteiger partial charge in [0.15, 0.2) is 5.96 Å². The van der Waals surface area contributed by atoms with E-state index in [4.69, 9.17) is 9.73 Å². The number of likely N-dealkylation sites (tertiary alicyclic amines) is 1. The summed E-state index contributed by atoms with van der Waals surface area (Å²) < 4.78 is 4.92. The molecule has 2 rings (SSSR count). The van der Waals surface area contributed by atoms with Crippen LogP contribution in [0, 0.1) is 18.8 Å². The fourth-order valence-corrected chi connectivity index (χ4v) is 4.21. The number of guanidine groups is 1.